The molecule has 696 valence electrons. The Bertz CT molecular complexity index is 9870. The summed E-state index contributed by atoms with van der Waals surface area (Å²) in [7, 11) is 0. The first kappa shape index (κ1) is 89.5. The second-order valence-corrected chi connectivity index (χ2v) is 42.5. The predicted octanol–water partition coefficient (Wildman–Crippen LogP) is 41.8. The molecule has 0 saturated heterocycles. The fourth-order valence-corrected chi connectivity index (χ4v) is 27.0. The molecule has 4 heterocycles. The molecular weight excluding hydrogens is 1850 g/mol. The zero-order valence-electron chi connectivity index (χ0n) is 80.8. The lowest BCUT2D eigenvalue weighted by Gasteiger charge is -2.21. The zero-order chi connectivity index (χ0) is 97.8. The van der Waals surface area contributed by atoms with Crippen LogP contribution >= 0.6 is 45.3 Å². The molecule has 1 aliphatic rings. The monoisotopic (exact) mass is 1950 g/mol. The molecule has 28 aromatic rings. The van der Waals surface area contributed by atoms with Crippen molar-refractivity contribution >= 4 is 215 Å². The normalized spacial score (nSPS) is 11.9. The Hall–Kier alpha value is -17.6. The van der Waals surface area contributed by atoms with E-state index in [1.807, 2.05) is 51.4 Å². The lowest BCUT2D eigenvalue weighted by molar-refractivity contribution is 0.660. The summed E-state index contributed by atoms with van der Waals surface area (Å²) in [6.07, 6.45) is 0. The third kappa shape index (κ3) is 17.0. The third-order valence-electron chi connectivity index (χ3n) is 29.0. The van der Waals surface area contributed by atoms with Gasteiger partial charge in [0.1, 0.15) is 0 Å². The highest BCUT2D eigenvalue weighted by Crippen LogP contribution is 2.56. The average molecular weight is 1950 g/mol. The van der Waals surface area contributed by atoms with Gasteiger partial charge in [0.05, 0.1) is 0 Å². The van der Waals surface area contributed by atoms with E-state index in [-0.39, 0.29) is 5.41 Å². The largest absolute Gasteiger partial charge is 0.355 e. The molecule has 1 aliphatic carbocycles. The van der Waals surface area contributed by atoms with Gasteiger partial charge in [-0.05, 0) is 242 Å². The standard InChI is InChI=1S/C42H27NS.C34H23NS.C33H25NS.C30H21NS/c1-3-11-34-28(8-1)10-7-14-36(34)39-25-33(26-40-37-13-5-6-15-41(37)44-42(39)40)43-32-22-20-27(21-23-32)31-19-18-30-17-16-29-9-2-4-12-35(29)38(30)24-31;1-2-8-23(9-3-1)25-16-18-28(19-17-25)35-31-21-20-29(27-15-14-24-10-4-5-11-26(24)22-27)34-33(31)30-12-6-7-13-32(30)36-34;1-33(2)26-16-8-6-13-24(26)30-22(15-10-17-27(30)33)23-19-20-28(34-21-11-4-3-5-12-21)31-25-14-7-9-18-29(25)35-32(23)31;1-4-11-21(12-5-1)24-17-10-18-27-29(24)25-19-20-26(31-23-15-8-3-9-16-23)28(30(25)32-27)22-13-6-2-7-14-22/h1-26,43H;1-22,35H;3-20,34H,1-2H3;1-20,31H. The number of para-hydroxylation sites is 2. The molecule has 0 radical (unpaired) electrons. The Morgan fingerprint density at radius 2 is 0.578 bits per heavy atom. The summed E-state index contributed by atoms with van der Waals surface area (Å²) in [4.78, 5) is 0. The van der Waals surface area contributed by atoms with Crippen LogP contribution in [0, 0.1) is 0 Å². The predicted molar refractivity (Wildman–Crippen MR) is 642 cm³/mol. The van der Waals surface area contributed by atoms with Gasteiger partial charge >= 0.3 is 0 Å². The summed E-state index contributed by atoms with van der Waals surface area (Å²) >= 11 is 7.52. The van der Waals surface area contributed by atoms with Crippen LogP contribution in [0.15, 0.2) is 522 Å². The fraction of sp³-hybridized carbons (Fsp3) is 0.0216. The molecule has 0 amide bonds. The van der Waals surface area contributed by atoms with Crippen LogP contribution in [0.4, 0.5) is 45.5 Å². The molecule has 24 aromatic carbocycles. The maximum atomic E-state index is 3.75. The summed E-state index contributed by atoms with van der Waals surface area (Å²) < 4.78 is 10.6. The minimum absolute atomic E-state index is 0.00395. The number of fused-ring (bicyclic) bond motifs is 20. The van der Waals surface area contributed by atoms with Gasteiger partial charge in [-0.25, -0.2) is 0 Å². The number of anilines is 8. The van der Waals surface area contributed by atoms with Crippen LogP contribution in [0.2, 0.25) is 0 Å². The number of nitrogens with one attached hydrogen (secondary N) is 4. The van der Waals surface area contributed by atoms with Crippen LogP contribution in [-0.4, -0.2) is 0 Å². The van der Waals surface area contributed by atoms with Gasteiger partial charge in [-0.15, -0.1) is 45.3 Å². The summed E-state index contributed by atoms with van der Waals surface area (Å²) in [5.74, 6) is 0. The summed E-state index contributed by atoms with van der Waals surface area (Å²) in [6.45, 7) is 4.70. The van der Waals surface area contributed by atoms with Crippen LogP contribution in [-0.2, 0) is 5.41 Å². The Morgan fingerprint density at radius 3 is 1.25 bits per heavy atom. The summed E-state index contributed by atoms with van der Waals surface area (Å²) in [5.41, 5.74) is 32.1. The van der Waals surface area contributed by atoms with Crippen molar-refractivity contribution in [2.45, 2.75) is 19.3 Å². The van der Waals surface area contributed by atoms with Gasteiger partial charge in [0.25, 0.3) is 0 Å². The van der Waals surface area contributed by atoms with Gasteiger partial charge in [-0.1, -0.05) is 420 Å². The van der Waals surface area contributed by atoms with E-state index >= 15 is 0 Å². The molecule has 8 heteroatoms. The highest BCUT2D eigenvalue weighted by atomic mass is 32.1. The molecule has 147 heavy (non-hydrogen) atoms. The van der Waals surface area contributed by atoms with Crippen LogP contribution in [0.1, 0.15) is 25.0 Å². The maximum Gasteiger partial charge on any atom is 0.0479 e. The van der Waals surface area contributed by atoms with Crippen LogP contribution in [0.25, 0.3) is 213 Å². The van der Waals surface area contributed by atoms with Crippen molar-refractivity contribution in [3.63, 3.8) is 0 Å². The van der Waals surface area contributed by atoms with Crippen LogP contribution in [0.3, 0.4) is 0 Å². The molecule has 0 spiro atoms. The van der Waals surface area contributed by atoms with E-state index in [1.165, 1.54) is 224 Å². The Morgan fingerprint density at radius 1 is 0.163 bits per heavy atom. The van der Waals surface area contributed by atoms with E-state index in [2.05, 4.69) is 551 Å². The van der Waals surface area contributed by atoms with Crippen LogP contribution in [0.5, 0.6) is 0 Å². The smallest absolute Gasteiger partial charge is 0.0479 e. The zero-order valence-corrected chi connectivity index (χ0v) is 84.1. The van der Waals surface area contributed by atoms with Gasteiger partial charge < -0.3 is 21.3 Å². The number of thiophene rings is 4. The molecule has 0 unspecified atom stereocenters. The minimum atomic E-state index is -0.00395. The molecular formula is C139H96N4S4. The van der Waals surface area contributed by atoms with E-state index in [4.69, 9.17) is 0 Å². The number of rotatable bonds is 15. The molecule has 0 saturated carbocycles. The van der Waals surface area contributed by atoms with Gasteiger partial charge in [-0.2, -0.15) is 0 Å². The molecule has 0 aliphatic heterocycles. The summed E-state index contributed by atoms with van der Waals surface area (Å²) in [5, 5.41) is 35.4. The van der Waals surface area contributed by atoms with Crippen molar-refractivity contribution in [1.82, 2.24) is 0 Å². The first-order valence-corrected chi connectivity index (χ1v) is 53.4. The molecule has 4 aromatic heterocycles. The maximum absolute atomic E-state index is 3.75. The quantitative estimate of drug-likeness (QED) is 0.0773. The molecule has 4 nitrogen and oxygen atoms in total. The Labute approximate surface area is 869 Å². The first-order valence-electron chi connectivity index (χ1n) is 50.1. The van der Waals surface area contributed by atoms with Crippen molar-refractivity contribution < 1.29 is 0 Å². The lowest BCUT2D eigenvalue weighted by atomic mass is 9.82. The van der Waals surface area contributed by atoms with Gasteiger partial charge in [0.2, 0.25) is 0 Å². The average Bonchev–Trinajstić information content (AvgIpc) is 1.56. The highest BCUT2D eigenvalue weighted by molar-refractivity contribution is 7.28. The van der Waals surface area contributed by atoms with Gasteiger partial charge in [-0.3, -0.25) is 0 Å². The summed E-state index contributed by atoms with van der Waals surface area (Å²) in [6, 6.07) is 188. The van der Waals surface area contributed by atoms with Gasteiger partial charge in [0, 0.05) is 148 Å². The highest BCUT2D eigenvalue weighted by Gasteiger charge is 2.37. The van der Waals surface area contributed by atoms with E-state index in [1.54, 1.807) is 0 Å². The SMILES string of the molecule is CC1(C)c2ccccc2-c2c(-c3ccc(Nc4ccccc4)c4c3sc3ccccc34)cccc21.c1ccc(-c2ccc(Nc3ccc(-c4ccc5ccccc5c4)c4sc5ccccc5c34)cc2)cc1.c1ccc(Nc2ccc3c(sc4cccc(-c5ccccc5)c43)c2-c2ccccc2)cc1.c1ccc2c(-c3cc(Nc4ccc(-c5ccc6ccc7ccccc7c6c5)cc4)cc4c3sc3ccccc34)cccc2c1. The number of benzene rings is 24. The molecule has 0 bridgehead atoms. The number of hydrogen-bond donors (Lipinski definition) is 4. The minimum Gasteiger partial charge on any atom is -0.355 e. The fourth-order valence-electron chi connectivity index (χ4n) is 21.9. The van der Waals surface area contributed by atoms with E-state index < -0.39 is 0 Å². The van der Waals surface area contributed by atoms with Crippen LogP contribution < -0.4 is 21.3 Å². The molecule has 0 fully saturated rings. The number of hydrogen-bond acceptors (Lipinski definition) is 8. The third-order valence-corrected chi connectivity index (χ3v) is 33.8. The van der Waals surface area contributed by atoms with Gasteiger partial charge in [0.15, 0.2) is 0 Å². The molecule has 0 atom stereocenters. The lowest BCUT2D eigenvalue weighted by Crippen LogP contribution is -2.14. The second-order valence-electron chi connectivity index (χ2n) is 38.3. The van der Waals surface area contributed by atoms with Crippen molar-refractivity contribution in [3.05, 3.63) is 533 Å². The first-order chi connectivity index (χ1) is 72.6. The molecule has 4 N–H and O–H groups in total. The van der Waals surface area contributed by atoms with Crippen molar-refractivity contribution in [2.75, 3.05) is 21.3 Å². The Kier molecular flexibility index (Phi) is 23.5. The Balaban J connectivity index is 0.000000100. The van der Waals surface area contributed by atoms with E-state index in [9.17, 15) is 0 Å². The van der Waals surface area contributed by atoms with E-state index in [0.717, 1.165) is 45.5 Å². The van der Waals surface area contributed by atoms with Crippen molar-refractivity contribution in [3.8, 4) is 89.0 Å². The topological polar surface area (TPSA) is 48.1 Å². The molecule has 29 rings (SSSR count). The second kappa shape index (κ2) is 38.6. The van der Waals surface area contributed by atoms with E-state index in [0.29, 0.717) is 0 Å². The van der Waals surface area contributed by atoms with Crippen molar-refractivity contribution in [1.29, 1.82) is 0 Å². The van der Waals surface area contributed by atoms with Crippen molar-refractivity contribution in [2.24, 2.45) is 0 Å².